The minimum absolute atomic E-state index is 0.0541. The van der Waals surface area contributed by atoms with Crippen LogP contribution in [0.15, 0.2) is 53.4 Å². The summed E-state index contributed by atoms with van der Waals surface area (Å²) in [7, 11) is -3.90. The van der Waals surface area contributed by atoms with Crippen LogP contribution in [-0.4, -0.2) is 20.0 Å². The summed E-state index contributed by atoms with van der Waals surface area (Å²) in [4.78, 5) is 11.6. The Morgan fingerprint density at radius 3 is 2.42 bits per heavy atom. The lowest BCUT2D eigenvalue weighted by Gasteiger charge is -2.05. The number of hydrogen-bond acceptors (Lipinski definition) is 4. The van der Waals surface area contributed by atoms with Gasteiger partial charge in [-0.1, -0.05) is 29.8 Å². The van der Waals surface area contributed by atoms with E-state index in [1.807, 2.05) is 13.0 Å². The molecule has 2 aromatic carbocycles. The molecule has 3 atom stereocenters. The number of carbonyl (C=O) groups excluding carboxylic acids is 1. The molecular formula is C18H14FNO3S. The van der Waals surface area contributed by atoms with Crippen LogP contribution in [0.3, 0.4) is 0 Å². The quantitative estimate of drug-likeness (QED) is 0.800. The molecule has 6 heteroatoms. The lowest BCUT2D eigenvalue weighted by atomic mass is 10.0. The molecule has 0 aliphatic heterocycles. The van der Waals surface area contributed by atoms with E-state index in [9.17, 15) is 22.9 Å². The minimum atomic E-state index is -3.90. The molecule has 0 N–H and O–H groups in total. The SMILES string of the molecule is Cc1ccc(S(=O)(=O)[C@H]2[C@H](c3cccc(F)c3)[C@]2(C#N)C=O)cc1. The first-order chi connectivity index (χ1) is 11.4. The van der Waals surface area contributed by atoms with E-state index in [0.717, 1.165) is 5.56 Å². The normalized spacial score (nSPS) is 25.7. The highest BCUT2D eigenvalue weighted by Gasteiger charge is 2.72. The highest BCUT2D eigenvalue weighted by molar-refractivity contribution is 7.92. The van der Waals surface area contributed by atoms with Gasteiger partial charge in [0.2, 0.25) is 0 Å². The molecule has 1 saturated carbocycles. The molecule has 4 nitrogen and oxygen atoms in total. The lowest BCUT2D eigenvalue weighted by Crippen LogP contribution is -2.16. The summed E-state index contributed by atoms with van der Waals surface area (Å²) in [6, 6.07) is 13.4. The zero-order valence-corrected chi connectivity index (χ0v) is 13.6. The number of halogens is 1. The van der Waals surface area contributed by atoms with E-state index < -0.39 is 32.2 Å². The second-order valence-electron chi connectivity index (χ2n) is 5.97. The Balaban J connectivity index is 2.10. The molecule has 1 fully saturated rings. The summed E-state index contributed by atoms with van der Waals surface area (Å²) >= 11 is 0. The van der Waals surface area contributed by atoms with Crippen LogP contribution in [0.25, 0.3) is 0 Å². The van der Waals surface area contributed by atoms with Gasteiger partial charge in [-0.15, -0.1) is 0 Å². The topological polar surface area (TPSA) is 75.0 Å². The van der Waals surface area contributed by atoms with Gasteiger partial charge in [-0.3, -0.25) is 0 Å². The van der Waals surface area contributed by atoms with Crippen molar-refractivity contribution in [1.82, 2.24) is 0 Å². The van der Waals surface area contributed by atoms with E-state index in [0.29, 0.717) is 11.8 Å². The van der Waals surface area contributed by atoms with Crippen molar-refractivity contribution in [2.75, 3.05) is 0 Å². The molecule has 24 heavy (non-hydrogen) atoms. The third kappa shape index (κ3) is 2.33. The molecule has 0 amide bonds. The van der Waals surface area contributed by atoms with Crippen LogP contribution in [0.2, 0.25) is 0 Å². The number of aryl methyl sites for hydroxylation is 1. The van der Waals surface area contributed by atoms with Gasteiger partial charge in [0.1, 0.15) is 22.8 Å². The number of benzene rings is 2. The Kier molecular flexibility index (Phi) is 3.77. The summed E-state index contributed by atoms with van der Waals surface area (Å²) in [5.41, 5.74) is -0.449. The standard InChI is InChI=1S/C18H14FNO3S/c1-12-5-7-15(8-6-12)24(22,23)17-16(18(17,10-20)11-21)13-3-2-4-14(19)9-13/h2-9,11,16-17H,1H3/t16-,17-,18-/m0/s1. The summed E-state index contributed by atoms with van der Waals surface area (Å²) in [6.07, 6.45) is 0.374. The fourth-order valence-corrected chi connectivity index (χ4v) is 5.37. The van der Waals surface area contributed by atoms with Crippen molar-refractivity contribution in [2.45, 2.75) is 23.0 Å². The van der Waals surface area contributed by atoms with Gasteiger partial charge in [-0.05, 0) is 36.8 Å². The lowest BCUT2D eigenvalue weighted by molar-refractivity contribution is -0.110. The number of sulfone groups is 1. The van der Waals surface area contributed by atoms with Crippen LogP contribution in [0.4, 0.5) is 4.39 Å². The van der Waals surface area contributed by atoms with Gasteiger partial charge in [0.25, 0.3) is 0 Å². The maximum Gasteiger partial charge on any atom is 0.183 e. The van der Waals surface area contributed by atoms with E-state index in [-0.39, 0.29) is 4.90 Å². The molecule has 0 bridgehead atoms. The average molecular weight is 343 g/mol. The molecule has 3 rings (SSSR count). The number of hydrogen-bond donors (Lipinski definition) is 0. The predicted octanol–water partition coefficient (Wildman–Crippen LogP) is 2.78. The van der Waals surface area contributed by atoms with Crippen molar-refractivity contribution in [2.24, 2.45) is 5.41 Å². The van der Waals surface area contributed by atoms with Crippen molar-refractivity contribution in [3.63, 3.8) is 0 Å². The number of rotatable bonds is 4. The minimum Gasteiger partial charge on any atom is -0.302 e. The Hall–Kier alpha value is -2.52. The van der Waals surface area contributed by atoms with E-state index >= 15 is 0 Å². The molecule has 0 unspecified atom stereocenters. The second kappa shape index (κ2) is 5.53. The molecule has 2 aromatic rings. The van der Waals surface area contributed by atoms with Crippen molar-refractivity contribution in [3.8, 4) is 6.07 Å². The Labute approximate surface area is 139 Å². The molecule has 0 heterocycles. The highest BCUT2D eigenvalue weighted by atomic mass is 32.2. The van der Waals surface area contributed by atoms with Gasteiger partial charge in [-0.25, -0.2) is 12.8 Å². The number of nitriles is 1. The van der Waals surface area contributed by atoms with E-state index in [1.165, 1.54) is 36.4 Å². The van der Waals surface area contributed by atoms with Crippen molar-refractivity contribution < 1.29 is 17.6 Å². The summed E-state index contributed by atoms with van der Waals surface area (Å²) in [5, 5.41) is 8.23. The Bertz CT molecular complexity index is 947. The summed E-state index contributed by atoms with van der Waals surface area (Å²) in [6.45, 7) is 1.83. The zero-order chi connectivity index (χ0) is 17.5. The van der Waals surface area contributed by atoms with Gasteiger partial charge in [0, 0.05) is 5.92 Å². The number of nitrogens with zero attached hydrogens (tertiary/aromatic N) is 1. The van der Waals surface area contributed by atoms with Crippen LogP contribution in [0.1, 0.15) is 17.0 Å². The van der Waals surface area contributed by atoms with Crippen LogP contribution in [0, 0.1) is 29.5 Å². The van der Waals surface area contributed by atoms with E-state index in [1.54, 1.807) is 12.1 Å². The third-order valence-electron chi connectivity index (χ3n) is 4.46. The number of aldehydes is 1. The molecule has 122 valence electrons. The monoisotopic (exact) mass is 343 g/mol. The molecule has 0 radical (unpaired) electrons. The summed E-state index contributed by atoms with van der Waals surface area (Å²) < 4.78 is 39.3. The molecule has 0 saturated heterocycles. The third-order valence-corrected chi connectivity index (χ3v) is 6.72. The van der Waals surface area contributed by atoms with E-state index in [4.69, 9.17) is 0 Å². The average Bonchev–Trinajstić information content (AvgIpc) is 3.26. The van der Waals surface area contributed by atoms with Crippen molar-refractivity contribution in [3.05, 3.63) is 65.5 Å². The van der Waals surface area contributed by atoms with Crippen LogP contribution in [-0.2, 0) is 14.6 Å². The van der Waals surface area contributed by atoms with Crippen molar-refractivity contribution in [1.29, 1.82) is 5.26 Å². The maximum absolute atomic E-state index is 13.5. The number of carbonyl (C=O) groups is 1. The highest BCUT2D eigenvalue weighted by Crippen LogP contribution is 2.62. The van der Waals surface area contributed by atoms with Crippen LogP contribution in [0.5, 0.6) is 0 Å². The summed E-state index contributed by atoms with van der Waals surface area (Å²) in [5.74, 6) is -1.41. The molecule has 0 aromatic heterocycles. The Morgan fingerprint density at radius 2 is 1.88 bits per heavy atom. The first-order valence-electron chi connectivity index (χ1n) is 7.30. The zero-order valence-electron chi connectivity index (χ0n) is 12.8. The molecule has 0 spiro atoms. The largest absolute Gasteiger partial charge is 0.302 e. The molecule has 1 aliphatic carbocycles. The predicted molar refractivity (Wildman–Crippen MR) is 85.4 cm³/mol. The van der Waals surface area contributed by atoms with Gasteiger partial charge < -0.3 is 4.79 Å². The molecule has 1 aliphatic rings. The van der Waals surface area contributed by atoms with Crippen LogP contribution < -0.4 is 0 Å². The van der Waals surface area contributed by atoms with Gasteiger partial charge in [0.15, 0.2) is 9.84 Å². The fourth-order valence-electron chi connectivity index (χ4n) is 3.14. The van der Waals surface area contributed by atoms with Gasteiger partial charge >= 0.3 is 0 Å². The van der Waals surface area contributed by atoms with Crippen LogP contribution >= 0.6 is 0 Å². The first-order valence-corrected chi connectivity index (χ1v) is 8.85. The van der Waals surface area contributed by atoms with Gasteiger partial charge in [-0.2, -0.15) is 5.26 Å². The molecular weight excluding hydrogens is 329 g/mol. The fraction of sp³-hybridized carbons (Fsp3) is 0.222. The smallest absolute Gasteiger partial charge is 0.183 e. The van der Waals surface area contributed by atoms with E-state index in [2.05, 4.69) is 0 Å². The van der Waals surface area contributed by atoms with Gasteiger partial charge in [0.05, 0.1) is 11.0 Å². The maximum atomic E-state index is 13.5. The second-order valence-corrected chi connectivity index (χ2v) is 8.04. The van der Waals surface area contributed by atoms with Crippen molar-refractivity contribution >= 4 is 16.1 Å². The first kappa shape index (κ1) is 16.3. The Morgan fingerprint density at radius 1 is 1.21 bits per heavy atom.